The van der Waals surface area contributed by atoms with Crippen LogP contribution in [0.15, 0.2) is 23.1 Å². The number of pyridine rings is 1. The topological polar surface area (TPSA) is 71.0 Å². The van der Waals surface area contributed by atoms with Crippen molar-refractivity contribution in [1.82, 2.24) is 19.7 Å². The number of aromatic amines is 1. The van der Waals surface area contributed by atoms with Gasteiger partial charge in [0.1, 0.15) is 0 Å². The molecule has 0 bridgehead atoms. The Morgan fingerprint density at radius 1 is 1.25 bits per heavy atom. The number of likely N-dealkylation sites (tertiary alicyclic amines) is 1. The highest BCUT2D eigenvalue weighted by Crippen LogP contribution is 2.34. The molecule has 1 atom stereocenters. The first-order valence-electron chi connectivity index (χ1n) is 8.48. The summed E-state index contributed by atoms with van der Waals surface area (Å²) in [4.78, 5) is 26.7. The number of nitrogens with one attached hydrogen (secondary N) is 1. The van der Waals surface area contributed by atoms with Crippen molar-refractivity contribution in [2.75, 3.05) is 6.54 Å². The maximum Gasteiger partial charge on any atom is 0.255 e. The Balaban J connectivity index is 1.99. The second kappa shape index (κ2) is 6.63. The number of carbonyl (C=O) groups excluding carboxylic acids is 1. The Labute approximate surface area is 141 Å². The summed E-state index contributed by atoms with van der Waals surface area (Å²) in [7, 11) is 1.67. The molecular formula is C18H24N4O2. The molecular weight excluding hydrogens is 304 g/mol. The highest BCUT2D eigenvalue weighted by Gasteiger charge is 2.30. The number of hydrogen-bond acceptors (Lipinski definition) is 3. The molecule has 0 aliphatic carbocycles. The van der Waals surface area contributed by atoms with E-state index in [1.54, 1.807) is 19.3 Å². The third-order valence-electron chi connectivity index (χ3n) is 4.86. The zero-order valence-electron chi connectivity index (χ0n) is 14.5. The van der Waals surface area contributed by atoms with Crippen molar-refractivity contribution in [3.8, 4) is 0 Å². The van der Waals surface area contributed by atoms with Crippen molar-refractivity contribution >= 4 is 5.91 Å². The smallest absolute Gasteiger partial charge is 0.255 e. The molecule has 3 heterocycles. The fraction of sp³-hybridized carbons (Fsp3) is 0.500. The molecule has 1 fully saturated rings. The van der Waals surface area contributed by atoms with Gasteiger partial charge in [0.2, 0.25) is 5.56 Å². The average molecular weight is 328 g/mol. The van der Waals surface area contributed by atoms with Crippen molar-refractivity contribution in [2.24, 2.45) is 7.05 Å². The number of H-pyrrole nitrogens is 1. The fourth-order valence-electron chi connectivity index (χ4n) is 3.59. The minimum absolute atomic E-state index is 0.0162. The molecule has 1 aliphatic rings. The maximum absolute atomic E-state index is 13.1. The van der Waals surface area contributed by atoms with Crippen LogP contribution in [0.2, 0.25) is 0 Å². The largest absolute Gasteiger partial charge is 0.331 e. The Kier molecular flexibility index (Phi) is 4.55. The molecule has 6 heteroatoms. The number of aryl methyl sites for hydroxylation is 3. The summed E-state index contributed by atoms with van der Waals surface area (Å²) >= 11 is 0. The van der Waals surface area contributed by atoms with Gasteiger partial charge in [0.25, 0.3) is 5.91 Å². The second-order valence-corrected chi connectivity index (χ2v) is 6.58. The predicted molar refractivity (Wildman–Crippen MR) is 92.0 cm³/mol. The molecule has 0 radical (unpaired) electrons. The van der Waals surface area contributed by atoms with Gasteiger partial charge in [-0.05, 0) is 32.8 Å². The quantitative estimate of drug-likeness (QED) is 0.920. The number of carbonyl (C=O) groups is 1. The van der Waals surface area contributed by atoms with Crippen LogP contribution in [-0.4, -0.2) is 32.1 Å². The van der Waals surface area contributed by atoms with Crippen LogP contribution in [0, 0.1) is 13.8 Å². The molecule has 1 saturated heterocycles. The van der Waals surface area contributed by atoms with E-state index in [0.717, 1.165) is 49.2 Å². The molecule has 0 aromatic carbocycles. The summed E-state index contributed by atoms with van der Waals surface area (Å²) in [5.74, 6) is -0.0162. The van der Waals surface area contributed by atoms with Crippen molar-refractivity contribution in [2.45, 2.75) is 45.6 Å². The van der Waals surface area contributed by atoms with E-state index in [0.29, 0.717) is 5.56 Å². The Morgan fingerprint density at radius 2 is 2.04 bits per heavy atom. The lowest BCUT2D eigenvalue weighted by Gasteiger charge is -2.30. The maximum atomic E-state index is 13.1. The molecule has 0 unspecified atom stereocenters. The summed E-state index contributed by atoms with van der Waals surface area (Å²) in [6.45, 7) is 4.73. The summed E-state index contributed by atoms with van der Waals surface area (Å²) < 4.78 is 1.45. The van der Waals surface area contributed by atoms with E-state index in [2.05, 4.69) is 10.2 Å². The highest BCUT2D eigenvalue weighted by atomic mass is 16.2. The van der Waals surface area contributed by atoms with Gasteiger partial charge in [0, 0.05) is 37.1 Å². The van der Waals surface area contributed by atoms with Gasteiger partial charge < -0.3 is 9.47 Å². The molecule has 24 heavy (non-hydrogen) atoms. The number of rotatable bonds is 2. The van der Waals surface area contributed by atoms with Crippen molar-refractivity contribution in [1.29, 1.82) is 0 Å². The minimum Gasteiger partial charge on any atom is -0.331 e. The van der Waals surface area contributed by atoms with Crippen LogP contribution in [0.3, 0.4) is 0 Å². The van der Waals surface area contributed by atoms with Crippen molar-refractivity contribution < 1.29 is 4.79 Å². The predicted octanol–water partition coefficient (Wildman–Crippen LogP) is 2.48. The zero-order valence-corrected chi connectivity index (χ0v) is 14.5. The zero-order chi connectivity index (χ0) is 17.3. The molecule has 1 aliphatic heterocycles. The summed E-state index contributed by atoms with van der Waals surface area (Å²) in [5, 5.41) is 7.34. The lowest BCUT2D eigenvalue weighted by molar-refractivity contribution is 0.0679. The average Bonchev–Trinajstić information content (AvgIpc) is 2.77. The minimum atomic E-state index is -0.111. The van der Waals surface area contributed by atoms with E-state index < -0.39 is 0 Å². The van der Waals surface area contributed by atoms with Gasteiger partial charge in [-0.1, -0.05) is 12.8 Å². The van der Waals surface area contributed by atoms with Gasteiger partial charge >= 0.3 is 0 Å². The molecule has 2 aromatic rings. The van der Waals surface area contributed by atoms with E-state index in [4.69, 9.17) is 0 Å². The first-order chi connectivity index (χ1) is 11.5. The van der Waals surface area contributed by atoms with Gasteiger partial charge in [-0.2, -0.15) is 5.10 Å². The third-order valence-corrected chi connectivity index (χ3v) is 4.86. The van der Waals surface area contributed by atoms with E-state index in [1.165, 1.54) is 10.6 Å². The number of amides is 1. The monoisotopic (exact) mass is 328 g/mol. The molecule has 128 valence electrons. The lowest BCUT2D eigenvalue weighted by Crippen LogP contribution is -2.36. The van der Waals surface area contributed by atoms with Crippen LogP contribution in [0.5, 0.6) is 0 Å². The Bertz CT molecular complexity index is 786. The number of aromatic nitrogens is 3. The molecule has 6 nitrogen and oxygen atoms in total. The van der Waals surface area contributed by atoms with Crippen LogP contribution in [0.4, 0.5) is 0 Å². The lowest BCUT2D eigenvalue weighted by atomic mass is 9.98. The van der Waals surface area contributed by atoms with Crippen LogP contribution in [-0.2, 0) is 7.05 Å². The second-order valence-electron chi connectivity index (χ2n) is 6.58. The van der Waals surface area contributed by atoms with Gasteiger partial charge in [0.15, 0.2) is 0 Å². The summed E-state index contributed by atoms with van der Waals surface area (Å²) in [6, 6.07) is 3.12. The van der Waals surface area contributed by atoms with Crippen LogP contribution < -0.4 is 5.56 Å². The van der Waals surface area contributed by atoms with Crippen LogP contribution >= 0.6 is 0 Å². The third kappa shape index (κ3) is 3.00. The fourth-order valence-corrected chi connectivity index (χ4v) is 3.59. The van der Waals surface area contributed by atoms with Gasteiger partial charge in [0.05, 0.1) is 17.3 Å². The highest BCUT2D eigenvalue weighted by molar-refractivity contribution is 5.94. The molecule has 0 saturated carbocycles. The van der Waals surface area contributed by atoms with Crippen molar-refractivity contribution in [3.05, 3.63) is 51.2 Å². The van der Waals surface area contributed by atoms with Crippen molar-refractivity contribution in [3.63, 3.8) is 0 Å². The molecule has 2 aromatic heterocycles. The van der Waals surface area contributed by atoms with Gasteiger partial charge in [-0.15, -0.1) is 0 Å². The first kappa shape index (κ1) is 16.5. The SMILES string of the molecule is Cc1n[nH]c(C)c1[C@@H]1CCCCCN1C(=O)c1ccc(=O)n(C)c1. The first-order valence-corrected chi connectivity index (χ1v) is 8.48. The van der Waals surface area contributed by atoms with Gasteiger partial charge in [-0.3, -0.25) is 14.7 Å². The van der Waals surface area contributed by atoms with Crippen LogP contribution in [0.1, 0.15) is 59.0 Å². The molecule has 0 spiro atoms. The number of nitrogens with zero attached hydrogens (tertiary/aromatic N) is 3. The number of hydrogen-bond donors (Lipinski definition) is 1. The van der Waals surface area contributed by atoms with E-state index in [9.17, 15) is 9.59 Å². The molecule has 1 N–H and O–H groups in total. The van der Waals surface area contributed by atoms with Gasteiger partial charge in [-0.25, -0.2) is 0 Å². The normalized spacial score (nSPS) is 18.5. The summed E-state index contributed by atoms with van der Waals surface area (Å²) in [5.41, 5.74) is 3.56. The van der Waals surface area contributed by atoms with Crippen LogP contribution in [0.25, 0.3) is 0 Å². The molecule has 1 amide bonds. The standard InChI is InChI=1S/C18H24N4O2/c1-12-17(13(2)20-19-12)15-7-5-4-6-10-22(15)18(24)14-8-9-16(23)21(3)11-14/h8-9,11,15H,4-7,10H2,1-3H3,(H,19,20)/t15-/m0/s1. The van der Waals surface area contributed by atoms with E-state index in [-0.39, 0.29) is 17.5 Å². The van der Waals surface area contributed by atoms with E-state index >= 15 is 0 Å². The Morgan fingerprint density at radius 3 is 2.71 bits per heavy atom. The molecule has 3 rings (SSSR count). The van der Waals surface area contributed by atoms with E-state index in [1.807, 2.05) is 18.7 Å². The Hall–Kier alpha value is -2.37. The summed E-state index contributed by atoms with van der Waals surface area (Å²) in [6.07, 6.45) is 5.81.